The van der Waals surface area contributed by atoms with E-state index >= 15 is 0 Å². The summed E-state index contributed by atoms with van der Waals surface area (Å²) in [6.07, 6.45) is 0. The van der Waals surface area contributed by atoms with Gasteiger partial charge in [-0.25, -0.2) is 0 Å². The number of piperazine rings is 1. The highest BCUT2D eigenvalue weighted by Crippen LogP contribution is 2.29. The van der Waals surface area contributed by atoms with Crippen molar-refractivity contribution in [2.45, 2.75) is 27.7 Å². The van der Waals surface area contributed by atoms with Gasteiger partial charge in [0.25, 0.3) is 0 Å². The molecule has 1 amide bonds. The maximum atomic E-state index is 12.7. The predicted octanol–water partition coefficient (Wildman–Crippen LogP) is 0.866. The minimum Gasteiger partial charge on any atom is -1.00 e. The van der Waals surface area contributed by atoms with Crippen LogP contribution >= 0.6 is 0 Å². The van der Waals surface area contributed by atoms with Crippen molar-refractivity contribution in [3.05, 3.63) is 47.5 Å². The lowest BCUT2D eigenvalue weighted by atomic mass is 10.1. The number of rotatable bonds is 8. The molecule has 31 heavy (non-hydrogen) atoms. The molecule has 7 heteroatoms. The number of aryl methyl sites for hydroxylation is 2. The van der Waals surface area contributed by atoms with Gasteiger partial charge in [0.2, 0.25) is 5.91 Å². The van der Waals surface area contributed by atoms with E-state index in [1.54, 1.807) is 0 Å². The van der Waals surface area contributed by atoms with E-state index in [1.165, 1.54) is 16.8 Å². The molecule has 2 aromatic carbocycles. The van der Waals surface area contributed by atoms with Crippen molar-refractivity contribution in [3.63, 3.8) is 0 Å². The highest BCUT2D eigenvalue weighted by atomic mass is 35.5. The number of halogens is 1. The minimum atomic E-state index is -0.0374. The van der Waals surface area contributed by atoms with Crippen molar-refractivity contribution in [2.24, 2.45) is 0 Å². The summed E-state index contributed by atoms with van der Waals surface area (Å²) < 4.78 is 11.2. The molecule has 0 aromatic heterocycles. The van der Waals surface area contributed by atoms with Crippen molar-refractivity contribution in [1.82, 2.24) is 4.90 Å². The van der Waals surface area contributed by atoms with Crippen molar-refractivity contribution >= 4 is 17.3 Å². The van der Waals surface area contributed by atoms with Gasteiger partial charge in [-0.2, -0.15) is 0 Å². The molecule has 0 spiro atoms. The molecule has 0 saturated carbocycles. The summed E-state index contributed by atoms with van der Waals surface area (Å²) in [4.78, 5) is 17.3. The van der Waals surface area contributed by atoms with Gasteiger partial charge in [0.15, 0.2) is 0 Å². The van der Waals surface area contributed by atoms with Crippen LogP contribution in [0.4, 0.5) is 11.4 Å². The molecule has 6 nitrogen and oxygen atoms in total. The van der Waals surface area contributed by atoms with Crippen LogP contribution in [-0.2, 0) is 4.79 Å². The molecule has 170 valence electrons. The van der Waals surface area contributed by atoms with Crippen molar-refractivity contribution in [3.8, 4) is 11.5 Å². The molecular weight excluding hydrogens is 414 g/mol. The lowest BCUT2D eigenvalue weighted by molar-refractivity contribution is -0.117. The molecule has 1 N–H and O–H groups in total. The number of anilines is 2. The van der Waals surface area contributed by atoms with Crippen LogP contribution in [-0.4, -0.2) is 56.7 Å². The predicted molar refractivity (Wildman–Crippen MR) is 122 cm³/mol. The Bertz CT molecular complexity index is 867. The van der Waals surface area contributed by atoms with Gasteiger partial charge in [0.1, 0.15) is 11.5 Å². The van der Waals surface area contributed by atoms with Gasteiger partial charge in [0.05, 0.1) is 25.4 Å². The standard InChI is InChI=1S/C24H33N3O3.ClH/c1-5-29-20-8-10-23(30-6-2)21(16-20)25-24(28)17-26-11-13-27(14-12-26)22-9-7-18(3)15-19(22)4;/h7-10,15-16H,5-6,11-14,17H2,1-4H3,(H,25,28);1H/p-1. The number of hydrogen-bond donors (Lipinski definition) is 1. The first-order chi connectivity index (χ1) is 14.5. The molecule has 2 aromatic rings. The minimum absolute atomic E-state index is 0. The first-order valence-electron chi connectivity index (χ1n) is 10.7. The van der Waals surface area contributed by atoms with E-state index in [4.69, 9.17) is 9.47 Å². The van der Waals surface area contributed by atoms with Crippen molar-refractivity contribution in [1.29, 1.82) is 0 Å². The third-order valence-corrected chi connectivity index (χ3v) is 5.27. The highest BCUT2D eigenvalue weighted by molar-refractivity contribution is 5.94. The van der Waals surface area contributed by atoms with E-state index in [0.717, 1.165) is 31.9 Å². The van der Waals surface area contributed by atoms with E-state index < -0.39 is 0 Å². The summed E-state index contributed by atoms with van der Waals surface area (Å²) >= 11 is 0. The molecule has 0 radical (unpaired) electrons. The lowest BCUT2D eigenvalue weighted by Crippen LogP contribution is -3.00. The number of amides is 1. The second-order valence-electron chi connectivity index (χ2n) is 7.63. The summed E-state index contributed by atoms with van der Waals surface area (Å²) in [5.41, 5.74) is 4.53. The largest absolute Gasteiger partial charge is 1.00 e. The Hall–Kier alpha value is -2.44. The van der Waals surface area contributed by atoms with Gasteiger partial charge in [-0.3, -0.25) is 9.69 Å². The SMILES string of the molecule is CCOc1ccc(OCC)c(NC(=O)CN2CCN(c3ccc(C)cc3C)CC2)c1.[Cl-]. The van der Waals surface area contributed by atoms with Crippen molar-refractivity contribution in [2.75, 3.05) is 56.2 Å². The average molecular weight is 447 g/mol. The fraction of sp³-hybridized carbons (Fsp3) is 0.458. The van der Waals surface area contributed by atoms with Gasteiger partial charge in [-0.05, 0) is 51.5 Å². The van der Waals surface area contributed by atoms with Gasteiger partial charge in [-0.15, -0.1) is 0 Å². The topological polar surface area (TPSA) is 54.0 Å². The molecule has 0 unspecified atom stereocenters. The third-order valence-electron chi connectivity index (χ3n) is 5.27. The number of nitrogens with zero attached hydrogens (tertiary/aromatic N) is 2. The Kier molecular flexibility index (Phi) is 9.46. The van der Waals surface area contributed by atoms with Gasteiger partial charge < -0.3 is 32.1 Å². The Balaban J connectivity index is 0.00000341. The smallest absolute Gasteiger partial charge is 0.238 e. The van der Waals surface area contributed by atoms with Crippen LogP contribution in [0.15, 0.2) is 36.4 Å². The van der Waals surface area contributed by atoms with Crippen LogP contribution in [0.1, 0.15) is 25.0 Å². The van der Waals surface area contributed by atoms with E-state index in [1.807, 2.05) is 32.0 Å². The number of benzene rings is 2. The number of carbonyl (C=O) groups is 1. The second-order valence-corrected chi connectivity index (χ2v) is 7.63. The maximum Gasteiger partial charge on any atom is 0.238 e. The zero-order chi connectivity index (χ0) is 21.5. The van der Waals surface area contributed by atoms with E-state index in [-0.39, 0.29) is 18.3 Å². The number of carbonyl (C=O) groups excluding carboxylic acids is 1. The quantitative estimate of drug-likeness (QED) is 0.652. The molecule has 0 aliphatic carbocycles. The van der Waals surface area contributed by atoms with E-state index in [2.05, 4.69) is 47.2 Å². The fourth-order valence-corrected chi connectivity index (χ4v) is 3.84. The van der Waals surface area contributed by atoms with Gasteiger partial charge >= 0.3 is 0 Å². The van der Waals surface area contributed by atoms with Gasteiger partial charge in [-0.1, -0.05) is 17.7 Å². The second kappa shape index (κ2) is 11.8. The molecule has 1 heterocycles. The molecule has 1 saturated heterocycles. The Labute approximate surface area is 191 Å². The first-order valence-corrected chi connectivity index (χ1v) is 10.7. The van der Waals surface area contributed by atoms with Crippen LogP contribution in [0, 0.1) is 13.8 Å². The average Bonchev–Trinajstić information content (AvgIpc) is 2.71. The molecular formula is C24H33ClN3O3-. The summed E-state index contributed by atoms with van der Waals surface area (Å²) in [5.74, 6) is 1.34. The molecule has 1 fully saturated rings. The number of nitrogens with one attached hydrogen (secondary N) is 1. The first kappa shape index (κ1) is 24.8. The van der Waals surface area contributed by atoms with Crippen LogP contribution in [0.3, 0.4) is 0 Å². The van der Waals surface area contributed by atoms with Crippen LogP contribution in [0.25, 0.3) is 0 Å². The Morgan fingerprint density at radius 2 is 1.68 bits per heavy atom. The zero-order valence-corrected chi connectivity index (χ0v) is 19.7. The summed E-state index contributed by atoms with van der Waals surface area (Å²) in [6.45, 7) is 13.2. The van der Waals surface area contributed by atoms with Crippen molar-refractivity contribution < 1.29 is 26.7 Å². The fourth-order valence-electron chi connectivity index (χ4n) is 3.84. The Morgan fingerprint density at radius 1 is 0.968 bits per heavy atom. The molecule has 0 bridgehead atoms. The third kappa shape index (κ3) is 6.77. The summed E-state index contributed by atoms with van der Waals surface area (Å²) in [5, 5.41) is 3.00. The van der Waals surface area contributed by atoms with E-state index in [9.17, 15) is 4.79 Å². The summed E-state index contributed by atoms with van der Waals surface area (Å²) in [7, 11) is 0. The molecule has 0 atom stereocenters. The van der Waals surface area contributed by atoms with Gasteiger partial charge in [0, 0.05) is 37.9 Å². The lowest BCUT2D eigenvalue weighted by Gasteiger charge is -2.36. The number of ether oxygens (including phenoxy) is 2. The molecule has 1 aliphatic rings. The van der Waals surface area contributed by atoms with E-state index in [0.29, 0.717) is 31.2 Å². The monoisotopic (exact) mass is 446 g/mol. The summed E-state index contributed by atoms with van der Waals surface area (Å²) in [6, 6.07) is 12.1. The van der Waals surface area contributed by atoms with Crippen LogP contribution < -0.4 is 32.1 Å². The maximum absolute atomic E-state index is 12.7. The van der Waals surface area contributed by atoms with Crippen LogP contribution in [0.2, 0.25) is 0 Å². The Morgan fingerprint density at radius 3 is 2.32 bits per heavy atom. The highest BCUT2D eigenvalue weighted by Gasteiger charge is 2.21. The molecule has 3 rings (SSSR count). The van der Waals surface area contributed by atoms with Crippen LogP contribution in [0.5, 0.6) is 11.5 Å². The number of hydrogen-bond acceptors (Lipinski definition) is 5. The molecule has 1 aliphatic heterocycles. The normalized spacial score (nSPS) is 14.0. The zero-order valence-electron chi connectivity index (χ0n) is 18.9.